The smallest absolute Gasteiger partial charge is 0.0320 e. The SMILES string of the molecule is CSC1(CNCc2ccc(Br)c(Br)c2)CCCC1. The summed E-state index contributed by atoms with van der Waals surface area (Å²) in [6, 6.07) is 6.45. The van der Waals surface area contributed by atoms with Gasteiger partial charge in [0.1, 0.15) is 0 Å². The molecule has 100 valence electrons. The Kier molecular flexibility index (Phi) is 5.61. The summed E-state index contributed by atoms with van der Waals surface area (Å²) in [4.78, 5) is 0. The van der Waals surface area contributed by atoms with Gasteiger partial charge in [-0.25, -0.2) is 0 Å². The number of thioether (sulfide) groups is 1. The van der Waals surface area contributed by atoms with Gasteiger partial charge in [0.15, 0.2) is 0 Å². The molecular formula is C14H19Br2NS. The molecule has 2 rings (SSSR count). The summed E-state index contributed by atoms with van der Waals surface area (Å²) in [6.07, 6.45) is 7.78. The van der Waals surface area contributed by atoms with Crippen LogP contribution in [0.4, 0.5) is 0 Å². The summed E-state index contributed by atoms with van der Waals surface area (Å²) in [7, 11) is 0. The second-order valence-electron chi connectivity index (χ2n) is 4.95. The maximum absolute atomic E-state index is 3.63. The molecule has 18 heavy (non-hydrogen) atoms. The number of hydrogen-bond acceptors (Lipinski definition) is 2. The second kappa shape index (κ2) is 6.78. The highest BCUT2D eigenvalue weighted by Crippen LogP contribution is 2.39. The first-order valence-electron chi connectivity index (χ1n) is 6.35. The van der Waals surface area contributed by atoms with E-state index in [1.807, 2.05) is 11.8 Å². The van der Waals surface area contributed by atoms with E-state index in [4.69, 9.17) is 0 Å². The summed E-state index contributed by atoms with van der Waals surface area (Å²) in [5.41, 5.74) is 1.33. The average Bonchev–Trinajstić information content (AvgIpc) is 2.83. The van der Waals surface area contributed by atoms with Gasteiger partial charge in [-0.3, -0.25) is 0 Å². The standard InChI is InChI=1S/C14H19Br2NS/c1-18-14(6-2-3-7-14)10-17-9-11-4-5-12(15)13(16)8-11/h4-5,8,17H,2-3,6-7,9-10H2,1H3. The van der Waals surface area contributed by atoms with Gasteiger partial charge in [0.2, 0.25) is 0 Å². The monoisotopic (exact) mass is 391 g/mol. The van der Waals surface area contributed by atoms with Crippen molar-refractivity contribution in [1.29, 1.82) is 0 Å². The molecule has 1 N–H and O–H groups in total. The van der Waals surface area contributed by atoms with Gasteiger partial charge >= 0.3 is 0 Å². The highest BCUT2D eigenvalue weighted by molar-refractivity contribution is 9.13. The highest BCUT2D eigenvalue weighted by atomic mass is 79.9. The van der Waals surface area contributed by atoms with Crippen molar-refractivity contribution in [1.82, 2.24) is 5.32 Å². The fraction of sp³-hybridized carbons (Fsp3) is 0.571. The van der Waals surface area contributed by atoms with E-state index in [0.29, 0.717) is 4.75 Å². The maximum Gasteiger partial charge on any atom is 0.0320 e. The zero-order valence-corrected chi connectivity index (χ0v) is 14.6. The Morgan fingerprint density at radius 2 is 1.94 bits per heavy atom. The Labute approximate surface area is 131 Å². The molecule has 0 spiro atoms. The van der Waals surface area contributed by atoms with Gasteiger partial charge < -0.3 is 5.32 Å². The molecule has 1 aliphatic carbocycles. The molecule has 0 amide bonds. The van der Waals surface area contributed by atoms with Crippen molar-refractivity contribution in [3.63, 3.8) is 0 Å². The van der Waals surface area contributed by atoms with E-state index in [0.717, 1.165) is 22.0 Å². The Morgan fingerprint density at radius 1 is 1.22 bits per heavy atom. The molecule has 0 heterocycles. The van der Waals surface area contributed by atoms with Crippen LogP contribution < -0.4 is 5.32 Å². The highest BCUT2D eigenvalue weighted by Gasteiger charge is 2.32. The summed E-state index contributed by atoms with van der Waals surface area (Å²) in [5, 5.41) is 3.63. The van der Waals surface area contributed by atoms with Gasteiger partial charge in [0.05, 0.1) is 0 Å². The number of benzene rings is 1. The maximum atomic E-state index is 3.63. The summed E-state index contributed by atoms with van der Waals surface area (Å²) >= 11 is 9.09. The largest absolute Gasteiger partial charge is 0.311 e. The molecule has 1 aromatic rings. The van der Waals surface area contributed by atoms with Crippen LogP contribution in [-0.4, -0.2) is 17.5 Å². The zero-order chi connectivity index (χ0) is 13.0. The molecule has 1 nitrogen and oxygen atoms in total. The third-order valence-electron chi connectivity index (χ3n) is 3.71. The minimum atomic E-state index is 0.493. The van der Waals surface area contributed by atoms with Gasteiger partial charge in [-0.2, -0.15) is 11.8 Å². The predicted molar refractivity (Wildman–Crippen MR) is 88.3 cm³/mol. The molecular weight excluding hydrogens is 374 g/mol. The van der Waals surface area contributed by atoms with E-state index in [1.165, 1.54) is 31.2 Å². The Morgan fingerprint density at radius 3 is 2.56 bits per heavy atom. The van der Waals surface area contributed by atoms with Crippen LogP contribution in [0, 0.1) is 0 Å². The first-order chi connectivity index (χ1) is 8.65. The summed E-state index contributed by atoms with van der Waals surface area (Å²) in [5.74, 6) is 0. The lowest BCUT2D eigenvalue weighted by molar-refractivity contribution is 0.533. The van der Waals surface area contributed by atoms with Crippen LogP contribution in [0.5, 0.6) is 0 Å². The van der Waals surface area contributed by atoms with Crippen molar-refractivity contribution in [2.24, 2.45) is 0 Å². The predicted octanol–water partition coefficient (Wildman–Crippen LogP) is 4.98. The van der Waals surface area contributed by atoms with E-state index in [9.17, 15) is 0 Å². The van der Waals surface area contributed by atoms with Crippen LogP contribution in [0.1, 0.15) is 31.2 Å². The average molecular weight is 393 g/mol. The van der Waals surface area contributed by atoms with E-state index < -0.39 is 0 Å². The molecule has 1 aromatic carbocycles. The quantitative estimate of drug-likeness (QED) is 0.758. The second-order valence-corrected chi connectivity index (χ2v) is 7.93. The van der Waals surface area contributed by atoms with Crippen LogP contribution in [0.15, 0.2) is 27.1 Å². The van der Waals surface area contributed by atoms with E-state index in [-0.39, 0.29) is 0 Å². The first-order valence-corrected chi connectivity index (χ1v) is 9.16. The molecule has 0 unspecified atom stereocenters. The summed E-state index contributed by atoms with van der Waals surface area (Å²) in [6.45, 7) is 2.08. The van der Waals surface area contributed by atoms with Crippen molar-refractivity contribution in [2.75, 3.05) is 12.8 Å². The topological polar surface area (TPSA) is 12.0 Å². The number of hydrogen-bond donors (Lipinski definition) is 1. The lowest BCUT2D eigenvalue weighted by atomic mass is 10.1. The lowest BCUT2D eigenvalue weighted by Gasteiger charge is -2.27. The van der Waals surface area contributed by atoms with Crippen molar-refractivity contribution < 1.29 is 0 Å². The van der Waals surface area contributed by atoms with Crippen molar-refractivity contribution in [3.8, 4) is 0 Å². The molecule has 1 fully saturated rings. The lowest BCUT2D eigenvalue weighted by Crippen LogP contribution is -2.34. The van der Waals surface area contributed by atoms with Crippen LogP contribution >= 0.6 is 43.6 Å². The van der Waals surface area contributed by atoms with Crippen LogP contribution in [-0.2, 0) is 6.54 Å². The minimum Gasteiger partial charge on any atom is -0.311 e. The van der Waals surface area contributed by atoms with Gasteiger partial charge in [-0.05, 0) is 68.7 Å². The number of nitrogens with one attached hydrogen (secondary N) is 1. The Bertz CT molecular complexity index is 403. The summed E-state index contributed by atoms with van der Waals surface area (Å²) < 4.78 is 2.73. The normalized spacial score (nSPS) is 18.2. The third-order valence-corrected chi connectivity index (χ3v) is 7.01. The number of rotatable bonds is 5. The van der Waals surface area contributed by atoms with Gasteiger partial charge in [0.25, 0.3) is 0 Å². The number of halogens is 2. The third kappa shape index (κ3) is 3.75. The molecule has 0 atom stereocenters. The molecule has 1 saturated carbocycles. The van der Waals surface area contributed by atoms with Crippen LogP contribution in [0.2, 0.25) is 0 Å². The Hall–Kier alpha value is 0.490. The first kappa shape index (κ1) is 14.9. The van der Waals surface area contributed by atoms with Gasteiger partial charge in [0, 0.05) is 26.8 Å². The molecule has 1 aliphatic rings. The van der Waals surface area contributed by atoms with Crippen molar-refractivity contribution in [2.45, 2.75) is 37.0 Å². The molecule has 0 saturated heterocycles. The van der Waals surface area contributed by atoms with Crippen LogP contribution in [0.3, 0.4) is 0 Å². The molecule has 4 heteroatoms. The van der Waals surface area contributed by atoms with Gasteiger partial charge in [-0.15, -0.1) is 0 Å². The van der Waals surface area contributed by atoms with Crippen LogP contribution in [0.25, 0.3) is 0 Å². The minimum absolute atomic E-state index is 0.493. The van der Waals surface area contributed by atoms with Gasteiger partial charge in [-0.1, -0.05) is 18.9 Å². The molecule has 0 aromatic heterocycles. The Balaban J connectivity index is 1.86. The van der Waals surface area contributed by atoms with Crippen molar-refractivity contribution >= 4 is 43.6 Å². The molecule has 0 aliphatic heterocycles. The fourth-order valence-corrected chi connectivity index (χ4v) is 4.17. The fourth-order valence-electron chi connectivity index (χ4n) is 2.56. The molecule has 0 radical (unpaired) electrons. The van der Waals surface area contributed by atoms with E-state index in [2.05, 4.69) is 61.6 Å². The van der Waals surface area contributed by atoms with E-state index in [1.54, 1.807) is 0 Å². The van der Waals surface area contributed by atoms with E-state index >= 15 is 0 Å². The zero-order valence-electron chi connectivity index (χ0n) is 10.6. The molecule has 0 bridgehead atoms. The van der Waals surface area contributed by atoms with Crippen molar-refractivity contribution in [3.05, 3.63) is 32.7 Å².